The number of carbonyl (C=O) groups is 1. The molecule has 1 N–H and O–H groups in total. The summed E-state index contributed by atoms with van der Waals surface area (Å²) in [6.45, 7) is 1.54. The van der Waals surface area contributed by atoms with Crippen molar-refractivity contribution in [1.29, 1.82) is 0 Å². The van der Waals surface area contributed by atoms with E-state index in [2.05, 4.69) is 20.9 Å². The zero-order chi connectivity index (χ0) is 12.7. The minimum absolute atomic E-state index is 0.0793. The highest BCUT2D eigenvalue weighted by Crippen LogP contribution is 2.25. The van der Waals surface area contributed by atoms with Crippen LogP contribution in [0.5, 0.6) is 0 Å². The van der Waals surface area contributed by atoms with E-state index in [4.69, 9.17) is 5.11 Å². The first-order chi connectivity index (χ1) is 7.91. The summed E-state index contributed by atoms with van der Waals surface area (Å²) in [5.74, 6) is -1.18. The number of carboxylic acids is 1. The fraction of sp³-hybridized carbons (Fsp3) is 0.111. The number of hydrogen-bond donors (Lipinski definition) is 1. The molecule has 2 aromatic heterocycles. The van der Waals surface area contributed by atoms with Crippen molar-refractivity contribution in [2.75, 3.05) is 0 Å². The number of carboxylic acid groups (broad SMARTS) is 1. The number of fused-ring (bicyclic) bond motifs is 1. The van der Waals surface area contributed by atoms with Gasteiger partial charge in [0.2, 0.25) is 0 Å². The Balaban J connectivity index is 2.89. The molecule has 17 heavy (non-hydrogen) atoms. The molecule has 0 saturated carbocycles. The third-order valence-corrected chi connectivity index (χ3v) is 2.83. The van der Waals surface area contributed by atoms with Gasteiger partial charge in [0.1, 0.15) is 0 Å². The Labute approximate surface area is 103 Å². The maximum atomic E-state index is 11.0. The van der Waals surface area contributed by atoms with Crippen LogP contribution in [-0.4, -0.2) is 25.4 Å². The van der Waals surface area contributed by atoms with E-state index in [1.807, 2.05) is 0 Å². The van der Waals surface area contributed by atoms with Crippen molar-refractivity contribution >= 4 is 33.2 Å². The van der Waals surface area contributed by atoms with E-state index in [0.717, 1.165) is 6.20 Å². The van der Waals surface area contributed by atoms with Gasteiger partial charge in [-0.15, -0.1) is 0 Å². The molecule has 88 valence electrons. The van der Waals surface area contributed by atoms with Crippen LogP contribution in [0.3, 0.4) is 0 Å². The molecule has 0 aromatic carbocycles. The number of rotatable bonds is 2. The van der Waals surface area contributed by atoms with Crippen molar-refractivity contribution in [2.24, 2.45) is 0 Å². The van der Waals surface area contributed by atoms with Crippen LogP contribution in [0.15, 0.2) is 16.7 Å². The Kier molecular flexibility index (Phi) is 2.58. The van der Waals surface area contributed by atoms with Gasteiger partial charge in [-0.3, -0.25) is 14.5 Å². The van der Waals surface area contributed by atoms with Gasteiger partial charge in [0.25, 0.3) is 5.69 Å². The molecule has 0 atom stereocenters. The summed E-state index contributed by atoms with van der Waals surface area (Å²) in [6, 6.07) is 1.29. The number of aryl methyl sites for hydroxylation is 1. The van der Waals surface area contributed by atoms with E-state index in [-0.39, 0.29) is 11.4 Å². The van der Waals surface area contributed by atoms with Crippen LogP contribution in [0.2, 0.25) is 0 Å². The first-order valence-electron chi connectivity index (χ1n) is 4.47. The van der Waals surface area contributed by atoms with Gasteiger partial charge in [0, 0.05) is 6.07 Å². The standard InChI is InChI=1S/C9H6BrN3O4/c1-4-7(9(14)15)12-3-5(13(16)17)2-6(10)8(12)11-4/h2-3H,1H3,(H,14,15). The van der Waals surface area contributed by atoms with Crippen LogP contribution in [0.4, 0.5) is 5.69 Å². The van der Waals surface area contributed by atoms with Gasteiger partial charge in [0.15, 0.2) is 11.3 Å². The molecule has 0 radical (unpaired) electrons. The fourth-order valence-electron chi connectivity index (χ4n) is 1.56. The van der Waals surface area contributed by atoms with E-state index in [1.54, 1.807) is 0 Å². The molecule has 0 saturated heterocycles. The van der Waals surface area contributed by atoms with Crippen LogP contribution in [0, 0.1) is 17.0 Å². The van der Waals surface area contributed by atoms with Gasteiger partial charge in [-0.1, -0.05) is 0 Å². The van der Waals surface area contributed by atoms with Crippen LogP contribution in [0.25, 0.3) is 5.65 Å². The second-order valence-corrected chi connectivity index (χ2v) is 4.20. The average molecular weight is 300 g/mol. The summed E-state index contributed by atoms with van der Waals surface area (Å²) in [5, 5.41) is 19.7. The lowest BCUT2D eigenvalue weighted by Crippen LogP contribution is -2.04. The smallest absolute Gasteiger partial charge is 0.354 e. The van der Waals surface area contributed by atoms with Crippen molar-refractivity contribution in [2.45, 2.75) is 6.92 Å². The topological polar surface area (TPSA) is 97.7 Å². The summed E-state index contributed by atoms with van der Waals surface area (Å²) < 4.78 is 1.57. The highest BCUT2D eigenvalue weighted by atomic mass is 79.9. The Morgan fingerprint density at radius 2 is 2.29 bits per heavy atom. The van der Waals surface area contributed by atoms with Crippen molar-refractivity contribution in [3.8, 4) is 0 Å². The van der Waals surface area contributed by atoms with Crippen molar-refractivity contribution in [1.82, 2.24) is 9.38 Å². The maximum absolute atomic E-state index is 11.0. The van der Waals surface area contributed by atoms with E-state index >= 15 is 0 Å². The van der Waals surface area contributed by atoms with E-state index in [9.17, 15) is 14.9 Å². The van der Waals surface area contributed by atoms with E-state index in [1.165, 1.54) is 17.4 Å². The van der Waals surface area contributed by atoms with Crippen molar-refractivity contribution in [3.63, 3.8) is 0 Å². The summed E-state index contributed by atoms with van der Waals surface area (Å²) in [5.41, 5.74) is 0.359. The van der Waals surface area contributed by atoms with Gasteiger partial charge in [-0.05, 0) is 22.9 Å². The number of pyridine rings is 1. The molecule has 0 aliphatic heterocycles. The lowest BCUT2D eigenvalue weighted by atomic mass is 10.3. The second-order valence-electron chi connectivity index (χ2n) is 3.35. The fourth-order valence-corrected chi connectivity index (χ4v) is 2.08. The molecular weight excluding hydrogens is 294 g/mol. The van der Waals surface area contributed by atoms with E-state index < -0.39 is 10.9 Å². The van der Waals surface area contributed by atoms with Crippen LogP contribution in [-0.2, 0) is 0 Å². The van der Waals surface area contributed by atoms with Gasteiger partial charge in [0.05, 0.1) is 21.3 Å². The zero-order valence-corrected chi connectivity index (χ0v) is 10.1. The molecule has 0 unspecified atom stereocenters. The monoisotopic (exact) mass is 299 g/mol. The zero-order valence-electron chi connectivity index (χ0n) is 8.55. The quantitative estimate of drug-likeness (QED) is 0.675. The molecule has 0 aliphatic carbocycles. The first kappa shape index (κ1) is 11.5. The molecule has 0 aliphatic rings. The molecular formula is C9H6BrN3O4. The number of imidazole rings is 1. The van der Waals surface area contributed by atoms with Gasteiger partial charge < -0.3 is 5.11 Å². The molecule has 8 heteroatoms. The van der Waals surface area contributed by atoms with Crippen LogP contribution >= 0.6 is 15.9 Å². The highest BCUT2D eigenvalue weighted by molar-refractivity contribution is 9.10. The Morgan fingerprint density at radius 3 is 2.82 bits per heavy atom. The van der Waals surface area contributed by atoms with E-state index in [0.29, 0.717) is 15.8 Å². The molecule has 0 amide bonds. The van der Waals surface area contributed by atoms with Crippen molar-refractivity contribution in [3.05, 3.63) is 38.2 Å². The first-order valence-corrected chi connectivity index (χ1v) is 5.27. The lowest BCUT2D eigenvalue weighted by Gasteiger charge is -1.99. The molecule has 2 aromatic rings. The number of nitro groups is 1. The largest absolute Gasteiger partial charge is 0.477 e. The molecule has 0 spiro atoms. The summed E-state index contributed by atoms with van der Waals surface area (Å²) in [4.78, 5) is 25.2. The predicted octanol–water partition coefficient (Wildman–Crippen LogP) is 2.01. The number of halogens is 1. The Morgan fingerprint density at radius 1 is 1.65 bits per heavy atom. The Hall–Kier alpha value is -1.96. The third kappa shape index (κ3) is 1.76. The lowest BCUT2D eigenvalue weighted by molar-refractivity contribution is -0.385. The minimum Gasteiger partial charge on any atom is -0.477 e. The molecule has 0 bridgehead atoms. The minimum atomic E-state index is -1.18. The normalized spacial score (nSPS) is 10.7. The number of nitrogens with zero attached hydrogens (tertiary/aromatic N) is 3. The SMILES string of the molecule is Cc1nc2c(Br)cc([N+](=O)[O-])cn2c1C(=O)O. The molecule has 2 rings (SSSR count). The predicted molar refractivity (Wildman–Crippen MR) is 61.2 cm³/mol. The average Bonchev–Trinajstić information content (AvgIpc) is 2.54. The second kappa shape index (κ2) is 3.81. The van der Waals surface area contributed by atoms with Gasteiger partial charge in [-0.2, -0.15) is 0 Å². The third-order valence-electron chi connectivity index (χ3n) is 2.25. The maximum Gasteiger partial charge on any atom is 0.354 e. The van der Waals surface area contributed by atoms with Gasteiger partial charge in [-0.25, -0.2) is 9.78 Å². The molecule has 2 heterocycles. The summed E-state index contributed by atoms with van der Waals surface area (Å²) >= 11 is 3.13. The van der Waals surface area contributed by atoms with Crippen molar-refractivity contribution < 1.29 is 14.8 Å². The number of hydrogen-bond acceptors (Lipinski definition) is 4. The number of aromatic nitrogens is 2. The summed E-state index contributed by atoms with van der Waals surface area (Å²) in [6.07, 6.45) is 1.14. The molecule has 7 nitrogen and oxygen atoms in total. The molecule has 0 fully saturated rings. The Bertz CT molecular complexity index is 649. The van der Waals surface area contributed by atoms with Crippen LogP contribution in [0.1, 0.15) is 16.2 Å². The van der Waals surface area contributed by atoms with Gasteiger partial charge >= 0.3 is 5.97 Å². The highest BCUT2D eigenvalue weighted by Gasteiger charge is 2.20. The summed E-state index contributed by atoms with van der Waals surface area (Å²) in [7, 11) is 0. The number of aromatic carboxylic acids is 1. The van der Waals surface area contributed by atoms with Crippen LogP contribution < -0.4 is 0 Å².